The Morgan fingerprint density at radius 3 is 1.03 bits per heavy atom. The maximum Gasteiger partial charge on any atom is 0.306 e. The molecule has 0 aromatic carbocycles. The molecule has 0 aromatic heterocycles. The summed E-state index contributed by atoms with van der Waals surface area (Å²) in [6, 6.07) is 0. The molecule has 0 aliphatic carbocycles. The summed E-state index contributed by atoms with van der Waals surface area (Å²) < 4.78 is 20.6. The van der Waals surface area contributed by atoms with Crippen LogP contribution < -0.4 is 0 Å². The second kappa shape index (κ2) is 22.3. The van der Waals surface area contributed by atoms with Crippen LogP contribution in [0.3, 0.4) is 0 Å². The van der Waals surface area contributed by atoms with E-state index >= 15 is 0 Å². The molecule has 0 saturated heterocycles. The van der Waals surface area contributed by atoms with Gasteiger partial charge in [-0.25, -0.2) is 0 Å². The second-order valence-electron chi connectivity index (χ2n) is 8.62. The van der Waals surface area contributed by atoms with Gasteiger partial charge in [0.2, 0.25) is 0 Å². The molecule has 0 heterocycles. The number of unbranched alkanes of at least 4 members (excludes halogenated alkanes) is 2. The third-order valence-corrected chi connectivity index (χ3v) is 8.12. The fourth-order valence-corrected chi connectivity index (χ4v) is 5.23. The normalized spacial score (nSPS) is 14.3. The third-order valence-electron chi connectivity index (χ3n) is 4.35. The van der Waals surface area contributed by atoms with Crippen molar-refractivity contribution >= 4 is 70.7 Å². The summed E-state index contributed by atoms with van der Waals surface area (Å²) in [7, 11) is 3.08. The van der Waals surface area contributed by atoms with Crippen molar-refractivity contribution in [2.75, 3.05) is 26.4 Å². The molecule has 0 N–H and O–H groups in total. The van der Waals surface area contributed by atoms with E-state index in [0.717, 1.165) is 0 Å². The maximum atomic E-state index is 12.0. The molecule has 4 unspecified atom stereocenters. The standard InChI is InChI=1S/C24H42O8S4/c1-17(33)13-21(25)29-9-5-7-11-31-23(27)15-19(3)35-36-20(4)16-24(28)32-12-8-6-10-30-22(26)14-18(2)34/h17-20,33-34H,5-16H2,1-4H3. The molecule has 8 nitrogen and oxygen atoms in total. The van der Waals surface area contributed by atoms with E-state index in [0.29, 0.717) is 52.1 Å². The highest BCUT2D eigenvalue weighted by atomic mass is 33.1. The Labute approximate surface area is 234 Å². The van der Waals surface area contributed by atoms with Crippen molar-refractivity contribution in [2.45, 2.75) is 100 Å². The fraction of sp³-hybridized carbons (Fsp3) is 0.833. The minimum absolute atomic E-state index is 0.0266. The SMILES string of the molecule is CC(S)CC(=O)OCCCCOC(=O)CC(C)SSC(C)CC(=O)OCCCCOC(=O)CC(C)S. The zero-order chi connectivity index (χ0) is 27.3. The molecule has 0 amide bonds. The highest BCUT2D eigenvalue weighted by Crippen LogP contribution is 2.34. The van der Waals surface area contributed by atoms with Crippen LogP contribution in [0.15, 0.2) is 0 Å². The van der Waals surface area contributed by atoms with E-state index < -0.39 is 0 Å². The van der Waals surface area contributed by atoms with Crippen molar-refractivity contribution in [3.63, 3.8) is 0 Å². The molecular weight excluding hydrogens is 545 g/mol. The Hall–Kier alpha value is -0.720. The van der Waals surface area contributed by atoms with E-state index in [-0.39, 0.29) is 70.6 Å². The molecule has 0 aliphatic heterocycles. The number of ether oxygens (including phenoxy) is 4. The van der Waals surface area contributed by atoms with E-state index in [2.05, 4.69) is 25.3 Å². The third kappa shape index (κ3) is 23.7. The molecule has 0 radical (unpaired) electrons. The minimum atomic E-state index is -0.269. The first kappa shape index (κ1) is 35.3. The fourth-order valence-electron chi connectivity index (χ4n) is 2.60. The molecule has 0 spiro atoms. The summed E-state index contributed by atoms with van der Waals surface area (Å²) in [6.45, 7) is 8.75. The van der Waals surface area contributed by atoms with Crippen LogP contribution in [0.1, 0.15) is 79.1 Å². The van der Waals surface area contributed by atoms with Crippen LogP contribution in [0.2, 0.25) is 0 Å². The Balaban J connectivity index is 3.73. The molecule has 0 saturated carbocycles. The number of thiol groups is 2. The van der Waals surface area contributed by atoms with Gasteiger partial charge in [-0.15, -0.1) is 0 Å². The van der Waals surface area contributed by atoms with Crippen molar-refractivity contribution in [1.29, 1.82) is 0 Å². The number of carbonyl (C=O) groups is 4. The average molecular weight is 587 g/mol. The van der Waals surface area contributed by atoms with Gasteiger partial charge in [0.05, 0.1) is 52.1 Å². The summed E-state index contributed by atoms with van der Waals surface area (Å²) in [5.41, 5.74) is 0. The van der Waals surface area contributed by atoms with Gasteiger partial charge < -0.3 is 18.9 Å². The van der Waals surface area contributed by atoms with Crippen molar-refractivity contribution < 1.29 is 38.1 Å². The minimum Gasteiger partial charge on any atom is -0.466 e. The molecule has 0 aliphatic rings. The van der Waals surface area contributed by atoms with Crippen molar-refractivity contribution in [3.8, 4) is 0 Å². The van der Waals surface area contributed by atoms with Gasteiger partial charge in [0.15, 0.2) is 0 Å². The molecule has 0 rings (SSSR count). The van der Waals surface area contributed by atoms with Crippen LogP contribution in [-0.4, -0.2) is 71.3 Å². The summed E-state index contributed by atoms with van der Waals surface area (Å²) in [6.07, 6.45) is 3.65. The second-order valence-corrected chi connectivity index (χ2v) is 13.5. The number of rotatable bonds is 21. The Morgan fingerprint density at radius 1 is 0.528 bits per heavy atom. The molecular formula is C24H42O8S4. The van der Waals surface area contributed by atoms with Crippen molar-refractivity contribution in [3.05, 3.63) is 0 Å². The monoisotopic (exact) mass is 586 g/mol. The van der Waals surface area contributed by atoms with Crippen LogP contribution in [0, 0.1) is 0 Å². The summed E-state index contributed by atoms with van der Waals surface area (Å²) in [4.78, 5) is 46.8. The smallest absolute Gasteiger partial charge is 0.306 e. The van der Waals surface area contributed by atoms with E-state index in [9.17, 15) is 19.2 Å². The topological polar surface area (TPSA) is 105 Å². The predicted octanol–water partition coefficient (Wildman–Crippen LogP) is 5.08. The van der Waals surface area contributed by atoms with Crippen LogP contribution >= 0.6 is 46.8 Å². The van der Waals surface area contributed by atoms with Crippen molar-refractivity contribution in [1.82, 2.24) is 0 Å². The Morgan fingerprint density at radius 2 is 0.778 bits per heavy atom. The maximum absolute atomic E-state index is 12.0. The van der Waals surface area contributed by atoms with Crippen LogP contribution in [0.5, 0.6) is 0 Å². The van der Waals surface area contributed by atoms with E-state index in [1.165, 1.54) is 0 Å². The zero-order valence-electron chi connectivity index (χ0n) is 21.8. The van der Waals surface area contributed by atoms with Gasteiger partial charge >= 0.3 is 23.9 Å². The Kier molecular flexibility index (Phi) is 21.8. The Bertz CT molecular complexity index is 592. The summed E-state index contributed by atoms with van der Waals surface area (Å²) in [5.74, 6) is -1.08. The molecule has 0 fully saturated rings. The lowest BCUT2D eigenvalue weighted by molar-refractivity contribution is -0.146. The van der Waals surface area contributed by atoms with E-state index in [1.54, 1.807) is 21.6 Å². The number of esters is 4. The van der Waals surface area contributed by atoms with Gasteiger partial charge in [0, 0.05) is 21.0 Å². The first-order valence-electron chi connectivity index (χ1n) is 12.3. The lowest BCUT2D eigenvalue weighted by atomic mass is 10.3. The van der Waals surface area contributed by atoms with Gasteiger partial charge in [0.25, 0.3) is 0 Å². The zero-order valence-corrected chi connectivity index (χ0v) is 25.2. The quantitative estimate of drug-likeness (QED) is 0.0622. The largest absolute Gasteiger partial charge is 0.466 e. The van der Waals surface area contributed by atoms with E-state index in [1.807, 2.05) is 27.7 Å². The first-order chi connectivity index (χ1) is 17.0. The molecule has 12 heteroatoms. The van der Waals surface area contributed by atoms with Gasteiger partial charge in [-0.05, 0) is 25.7 Å². The molecule has 0 aromatic rings. The molecule has 210 valence electrons. The first-order valence-corrected chi connectivity index (χ1v) is 15.6. The lowest BCUT2D eigenvalue weighted by Gasteiger charge is -2.14. The highest BCUT2D eigenvalue weighted by Gasteiger charge is 2.16. The van der Waals surface area contributed by atoms with Gasteiger partial charge in [-0.3, -0.25) is 19.2 Å². The number of carbonyl (C=O) groups excluding carboxylic acids is 4. The molecule has 4 atom stereocenters. The summed E-state index contributed by atoms with van der Waals surface area (Å²) >= 11 is 8.29. The predicted molar refractivity (Wildman–Crippen MR) is 152 cm³/mol. The van der Waals surface area contributed by atoms with Crippen LogP contribution in [-0.2, 0) is 38.1 Å². The van der Waals surface area contributed by atoms with Crippen LogP contribution in [0.25, 0.3) is 0 Å². The van der Waals surface area contributed by atoms with Gasteiger partial charge in [-0.1, -0.05) is 49.3 Å². The van der Waals surface area contributed by atoms with Crippen LogP contribution in [0.4, 0.5) is 0 Å². The number of hydrogen-bond acceptors (Lipinski definition) is 12. The van der Waals surface area contributed by atoms with Gasteiger partial charge in [-0.2, -0.15) is 25.3 Å². The number of hydrogen-bond donors (Lipinski definition) is 2. The van der Waals surface area contributed by atoms with Gasteiger partial charge in [0.1, 0.15) is 0 Å². The average Bonchev–Trinajstić information content (AvgIpc) is 2.76. The molecule has 0 bridgehead atoms. The lowest BCUT2D eigenvalue weighted by Crippen LogP contribution is -2.14. The van der Waals surface area contributed by atoms with Crippen molar-refractivity contribution in [2.24, 2.45) is 0 Å². The summed E-state index contributed by atoms with van der Waals surface area (Å²) in [5, 5.41) is 0.0272. The molecule has 36 heavy (non-hydrogen) atoms. The highest BCUT2D eigenvalue weighted by molar-refractivity contribution is 8.77. The van der Waals surface area contributed by atoms with E-state index in [4.69, 9.17) is 18.9 Å².